The van der Waals surface area contributed by atoms with Gasteiger partial charge in [-0.25, -0.2) is 4.98 Å². The molecule has 1 saturated carbocycles. The Balaban J connectivity index is 1.53. The van der Waals surface area contributed by atoms with Gasteiger partial charge < -0.3 is 9.64 Å². The molecule has 2 heterocycles. The van der Waals surface area contributed by atoms with Crippen LogP contribution in [-0.4, -0.2) is 34.3 Å². The molecule has 3 rings (SSSR count). The van der Waals surface area contributed by atoms with Crippen molar-refractivity contribution in [3.8, 4) is 0 Å². The van der Waals surface area contributed by atoms with E-state index >= 15 is 0 Å². The van der Waals surface area contributed by atoms with Gasteiger partial charge in [0.1, 0.15) is 11.6 Å². The Kier molecular flexibility index (Phi) is 3.50. The molecule has 2 fully saturated rings. The predicted octanol–water partition coefficient (Wildman–Crippen LogP) is 1.81. The maximum atomic E-state index is 12.0. The number of ether oxygens (including phenoxy) is 1. The quantitative estimate of drug-likeness (QED) is 0.795. The van der Waals surface area contributed by atoms with E-state index in [0.717, 1.165) is 28.4 Å². The van der Waals surface area contributed by atoms with E-state index in [1.54, 1.807) is 11.3 Å². The van der Waals surface area contributed by atoms with E-state index in [1.807, 2.05) is 18.7 Å². The zero-order valence-electron chi connectivity index (χ0n) is 11.7. The molecule has 1 aliphatic carbocycles. The molecule has 1 amide bonds. The van der Waals surface area contributed by atoms with Crippen LogP contribution in [0.2, 0.25) is 0 Å². The maximum absolute atomic E-state index is 12.0. The van der Waals surface area contributed by atoms with Gasteiger partial charge in [0, 0.05) is 23.9 Å². The molecule has 2 aliphatic rings. The van der Waals surface area contributed by atoms with Crippen LogP contribution in [0.15, 0.2) is 0 Å². The first kappa shape index (κ1) is 13.5. The van der Waals surface area contributed by atoms with E-state index < -0.39 is 0 Å². The van der Waals surface area contributed by atoms with Crippen LogP contribution in [-0.2, 0) is 20.9 Å². The highest BCUT2D eigenvalue weighted by Gasteiger charge is 2.42. The number of hydrogen-bond acceptors (Lipinski definition) is 5. The average Bonchev–Trinajstić information content (AvgIpc) is 3.10. The minimum atomic E-state index is -0.301. The first-order chi connectivity index (χ1) is 9.54. The van der Waals surface area contributed by atoms with Crippen LogP contribution in [0, 0.1) is 19.8 Å². The van der Waals surface area contributed by atoms with Crippen LogP contribution >= 0.6 is 11.3 Å². The number of rotatable bonds is 4. The zero-order valence-corrected chi connectivity index (χ0v) is 12.5. The maximum Gasteiger partial charge on any atom is 0.311 e. The second-order valence-corrected chi connectivity index (χ2v) is 6.82. The fraction of sp³-hybridized carbons (Fsp3) is 0.643. The summed E-state index contributed by atoms with van der Waals surface area (Å²) in [6.45, 7) is 4.69. The number of esters is 1. The summed E-state index contributed by atoms with van der Waals surface area (Å²) in [6, 6.07) is 0.379. The first-order valence-corrected chi connectivity index (χ1v) is 7.75. The van der Waals surface area contributed by atoms with Gasteiger partial charge in [0.15, 0.2) is 0 Å². The molecule has 1 aromatic rings. The number of thiazole rings is 1. The summed E-state index contributed by atoms with van der Waals surface area (Å²) < 4.78 is 5.31. The molecular formula is C14H18N2O3S. The van der Waals surface area contributed by atoms with Crippen LogP contribution in [0.4, 0.5) is 0 Å². The zero-order chi connectivity index (χ0) is 14.3. The van der Waals surface area contributed by atoms with Crippen LogP contribution in [0.1, 0.15) is 34.8 Å². The predicted molar refractivity (Wildman–Crippen MR) is 74.2 cm³/mol. The third kappa shape index (κ3) is 2.70. The van der Waals surface area contributed by atoms with Crippen molar-refractivity contribution in [3.63, 3.8) is 0 Å². The molecule has 6 heteroatoms. The molecule has 1 aromatic heterocycles. The Morgan fingerprint density at radius 3 is 2.80 bits per heavy atom. The van der Waals surface area contributed by atoms with Gasteiger partial charge in [-0.05, 0) is 26.7 Å². The number of nitrogens with zero attached hydrogens (tertiary/aromatic N) is 2. The summed E-state index contributed by atoms with van der Waals surface area (Å²) in [5.74, 6) is -0.479. The molecule has 0 bridgehead atoms. The lowest BCUT2D eigenvalue weighted by atomic mass is 10.1. The van der Waals surface area contributed by atoms with Gasteiger partial charge in [-0.1, -0.05) is 0 Å². The summed E-state index contributed by atoms with van der Waals surface area (Å²) >= 11 is 1.55. The minimum absolute atomic E-state index is 0.0930. The van der Waals surface area contributed by atoms with Crippen molar-refractivity contribution in [1.29, 1.82) is 0 Å². The van der Waals surface area contributed by atoms with Crippen molar-refractivity contribution in [2.75, 3.05) is 6.54 Å². The lowest BCUT2D eigenvalue weighted by Gasteiger charge is -2.14. The van der Waals surface area contributed by atoms with Crippen LogP contribution < -0.4 is 0 Å². The van der Waals surface area contributed by atoms with Crippen LogP contribution in [0.3, 0.4) is 0 Å². The summed E-state index contributed by atoms with van der Waals surface area (Å²) in [4.78, 5) is 31.1. The molecule has 0 spiro atoms. The molecule has 1 atom stereocenters. The molecule has 1 aliphatic heterocycles. The highest BCUT2D eigenvalue weighted by atomic mass is 32.1. The van der Waals surface area contributed by atoms with Gasteiger partial charge in [0.05, 0.1) is 11.6 Å². The normalized spacial score (nSPS) is 22.4. The van der Waals surface area contributed by atoms with E-state index in [1.165, 1.54) is 0 Å². The standard InChI is InChI=1S/C14H18N2O3S/c1-8-9(2)20-12(15-8)7-19-14(18)10-5-13(17)16(6-10)11-3-4-11/h10-11H,3-7H2,1-2H3/t10-/m0/s1. The first-order valence-electron chi connectivity index (χ1n) is 6.93. The Bertz CT molecular complexity index is 531. The highest BCUT2D eigenvalue weighted by Crippen LogP contribution is 2.33. The Morgan fingerprint density at radius 1 is 1.45 bits per heavy atom. The molecule has 0 N–H and O–H groups in total. The van der Waals surface area contributed by atoms with Gasteiger partial charge in [-0.3, -0.25) is 9.59 Å². The van der Waals surface area contributed by atoms with Crippen molar-refractivity contribution in [1.82, 2.24) is 9.88 Å². The number of likely N-dealkylation sites (tertiary alicyclic amines) is 1. The molecule has 0 aromatic carbocycles. The smallest absolute Gasteiger partial charge is 0.311 e. The topological polar surface area (TPSA) is 59.5 Å². The fourth-order valence-electron chi connectivity index (χ4n) is 2.48. The minimum Gasteiger partial charge on any atom is -0.458 e. The molecule has 0 unspecified atom stereocenters. The molecule has 5 nitrogen and oxygen atoms in total. The SMILES string of the molecule is Cc1nc(COC(=O)[C@H]2CC(=O)N(C3CC3)C2)sc1C. The summed E-state index contributed by atoms with van der Waals surface area (Å²) in [6.07, 6.45) is 2.45. The van der Waals surface area contributed by atoms with E-state index in [2.05, 4.69) is 4.98 Å². The van der Waals surface area contributed by atoms with E-state index in [4.69, 9.17) is 4.74 Å². The van der Waals surface area contributed by atoms with Crippen molar-refractivity contribution in [3.05, 3.63) is 15.6 Å². The van der Waals surface area contributed by atoms with Crippen molar-refractivity contribution in [2.45, 2.75) is 45.8 Å². The van der Waals surface area contributed by atoms with E-state index in [-0.39, 0.29) is 24.4 Å². The van der Waals surface area contributed by atoms with Gasteiger partial charge in [0.2, 0.25) is 5.91 Å². The number of carbonyl (C=O) groups excluding carboxylic acids is 2. The van der Waals surface area contributed by atoms with Gasteiger partial charge >= 0.3 is 5.97 Å². The monoisotopic (exact) mass is 294 g/mol. The van der Waals surface area contributed by atoms with Crippen LogP contribution in [0.25, 0.3) is 0 Å². The Morgan fingerprint density at radius 2 is 2.20 bits per heavy atom. The second-order valence-electron chi connectivity index (χ2n) is 5.54. The molecular weight excluding hydrogens is 276 g/mol. The van der Waals surface area contributed by atoms with Crippen molar-refractivity contribution < 1.29 is 14.3 Å². The third-order valence-electron chi connectivity index (χ3n) is 3.89. The number of amides is 1. The Labute approximate surface area is 121 Å². The average molecular weight is 294 g/mol. The number of carbonyl (C=O) groups is 2. The van der Waals surface area contributed by atoms with Gasteiger partial charge in [-0.15, -0.1) is 11.3 Å². The fourth-order valence-corrected chi connectivity index (χ4v) is 3.33. The lowest BCUT2D eigenvalue weighted by Crippen LogP contribution is -2.28. The van der Waals surface area contributed by atoms with Crippen molar-refractivity contribution in [2.24, 2.45) is 5.92 Å². The largest absolute Gasteiger partial charge is 0.458 e. The van der Waals surface area contributed by atoms with Crippen molar-refractivity contribution >= 4 is 23.2 Å². The summed E-state index contributed by atoms with van der Waals surface area (Å²) in [5, 5.41) is 0.816. The second kappa shape index (κ2) is 5.16. The highest BCUT2D eigenvalue weighted by molar-refractivity contribution is 7.11. The summed E-state index contributed by atoms with van der Waals surface area (Å²) in [7, 11) is 0. The lowest BCUT2D eigenvalue weighted by molar-refractivity contribution is -0.149. The number of aromatic nitrogens is 1. The van der Waals surface area contributed by atoms with E-state index in [9.17, 15) is 9.59 Å². The molecule has 0 radical (unpaired) electrons. The summed E-state index contributed by atoms with van der Waals surface area (Å²) in [5.41, 5.74) is 0.983. The molecule has 20 heavy (non-hydrogen) atoms. The van der Waals surface area contributed by atoms with E-state index in [0.29, 0.717) is 19.0 Å². The number of hydrogen-bond donors (Lipinski definition) is 0. The molecule has 108 valence electrons. The third-order valence-corrected chi connectivity index (χ3v) is 4.94. The molecule has 1 saturated heterocycles. The Hall–Kier alpha value is -1.43. The van der Waals surface area contributed by atoms with Gasteiger partial charge in [-0.2, -0.15) is 0 Å². The van der Waals surface area contributed by atoms with Crippen LogP contribution in [0.5, 0.6) is 0 Å². The number of aryl methyl sites for hydroxylation is 2. The van der Waals surface area contributed by atoms with Gasteiger partial charge in [0.25, 0.3) is 0 Å².